The van der Waals surface area contributed by atoms with E-state index >= 15 is 0 Å². The second-order valence-electron chi connectivity index (χ2n) is 6.52. The van der Waals surface area contributed by atoms with Gasteiger partial charge in [-0.05, 0) is 41.3 Å². The summed E-state index contributed by atoms with van der Waals surface area (Å²) in [7, 11) is 1.60. The van der Waals surface area contributed by atoms with Gasteiger partial charge in [-0.25, -0.2) is 0 Å². The summed E-state index contributed by atoms with van der Waals surface area (Å²) in [6.07, 6.45) is 6.04. The first-order chi connectivity index (χ1) is 12.2. The normalized spacial score (nSPS) is 17.0. The molecule has 3 rings (SSSR count). The lowest BCUT2D eigenvalue weighted by Gasteiger charge is -2.24. The molecule has 0 saturated carbocycles. The molecule has 25 heavy (non-hydrogen) atoms. The number of hydrogen-bond donors (Lipinski definition) is 2. The summed E-state index contributed by atoms with van der Waals surface area (Å²) >= 11 is 0. The van der Waals surface area contributed by atoms with Crippen LogP contribution in [0.4, 0.5) is 0 Å². The molecule has 1 aliphatic heterocycles. The first kappa shape index (κ1) is 17.3. The number of phenols is 1. The van der Waals surface area contributed by atoms with Crippen LogP contribution in [0, 0.1) is 0 Å². The van der Waals surface area contributed by atoms with E-state index in [1.54, 1.807) is 7.11 Å². The monoisotopic (exact) mass is 336 g/mol. The van der Waals surface area contributed by atoms with E-state index in [-0.39, 0.29) is 5.75 Å². The van der Waals surface area contributed by atoms with Crippen molar-refractivity contribution in [3.8, 4) is 11.5 Å². The predicted molar refractivity (Wildman–Crippen MR) is 102 cm³/mol. The van der Waals surface area contributed by atoms with Crippen LogP contribution >= 0.6 is 0 Å². The van der Waals surface area contributed by atoms with Crippen molar-refractivity contribution in [3.05, 3.63) is 77.9 Å². The number of benzene rings is 2. The lowest BCUT2D eigenvalue weighted by molar-refractivity contribution is -0.908. The molecule has 0 spiro atoms. The zero-order chi connectivity index (χ0) is 17.6. The highest BCUT2D eigenvalue weighted by Gasteiger charge is 2.19. The molecule has 3 heteroatoms. The number of nitrogens with one attached hydrogen (secondary N) is 1. The van der Waals surface area contributed by atoms with Crippen molar-refractivity contribution >= 4 is 5.57 Å². The fraction of sp³-hybridized carbons (Fsp3) is 0.273. The Hall–Kier alpha value is -2.52. The third-order valence-corrected chi connectivity index (χ3v) is 4.78. The molecule has 1 aliphatic rings. The molecule has 0 aliphatic carbocycles. The largest absolute Gasteiger partial charge is 0.504 e. The third kappa shape index (κ3) is 4.12. The van der Waals surface area contributed by atoms with Crippen LogP contribution in [0.3, 0.4) is 0 Å². The van der Waals surface area contributed by atoms with Gasteiger partial charge in [0.25, 0.3) is 0 Å². The standard InChI is InChI=1S/C22H25NO2/c1-3-7-17-14-20(22(24)21(15-17)25-2)16-23-12-10-19(11-13-23)18-8-5-4-6-9-18/h3-6,8-10,14-15,24H,1,7,11-13,16H2,2H3/p+1. The SMILES string of the molecule is C=CCc1cc(C[NH+]2CC=C(c3ccccc3)CC2)c(O)c(OC)c1. The molecule has 1 heterocycles. The van der Waals surface area contributed by atoms with Crippen molar-refractivity contribution in [2.75, 3.05) is 20.2 Å². The van der Waals surface area contributed by atoms with Crippen LogP contribution in [0.5, 0.6) is 11.5 Å². The van der Waals surface area contributed by atoms with Crippen molar-refractivity contribution in [2.45, 2.75) is 19.4 Å². The Morgan fingerprint density at radius 1 is 1.24 bits per heavy atom. The van der Waals surface area contributed by atoms with Crippen LogP contribution in [0.25, 0.3) is 5.57 Å². The predicted octanol–water partition coefficient (Wildman–Crippen LogP) is 3.00. The van der Waals surface area contributed by atoms with E-state index in [1.807, 2.05) is 12.1 Å². The van der Waals surface area contributed by atoms with Gasteiger partial charge in [0, 0.05) is 6.42 Å². The molecule has 0 fully saturated rings. The van der Waals surface area contributed by atoms with Gasteiger partial charge in [0.05, 0.1) is 25.8 Å². The minimum Gasteiger partial charge on any atom is -0.504 e. The summed E-state index contributed by atoms with van der Waals surface area (Å²) in [5, 5.41) is 10.5. The Morgan fingerprint density at radius 3 is 2.68 bits per heavy atom. The van der Waals surface area contributed by atoms with Gasteiger partial charge in [0.15, 0.2) is 11.5 Å². The van der Waals surface area contributed by atoms with Crippen LogP contribution in [0.2, 0.25) is 0 Å². The van der Waals surface area contributed by atoms with Crippen LogP contribution < -0.4 is 9.64 Å². The number of hydrogen-bond acceptors (Lipinski definition) is 2. The summed E-state index contributed by atoms with van der Waals surface area (Å²) in [5.74, 6) is 0.812. The van der Waals surface area contributed by atoms with E-state index in [0.717, 1.165) is 43.6 Å². The van der Waals surface area contributed by atoms with E-state index in [1.165, 1.54) is 16.0 Å². The topological polar surface area (TPSA) is 33.9 Å². The minimum atomic E-state index is 0.264. The average Bonchev–Trinajstić information content (AvgIpc) is 2.66. The highest BCUT2D eigenvalue weighted by molar-refractivity contribution is 5.65. The van der Waals surface area contributed by atoms with Gasteiger partial charge >= 0.3 is 0 Å². The molecule has 0 aromatic heterocycles. The summed E-state index contributed by atoms with van der Waals surface area (Å²) in [4.78, 5) is 1.45. The lowest BCUT2D eigenvalue weighted by atomic mass is 9.99. The summed E-state index contributed by atoms with van der Waals surface area (Å²) in [5.41, 5.74) is 4.81. The molecule has 0 radical (unpaired) electrons. The summed E-state index contributed by atoms with van der Waals surface area (Å²) in [6.45, 7) is 6.63. The lowest BCUT2D eigenvalue weighted by Crippen LogP contribution is -3.11. The van der Waals surface area contributed by atoms with Gasteiger partial charge in [-0.2, -0.15) is 0 Å². The highest BCUT2D eigenvalue weighted by Crippen LogP contribution is 2.31. The molecular formula is C22H26NO2+. The molecule has 1 unspecified atom stereocenters. The van der Waals surface area contributed by atoms with Gasteiger partial charge in [0.1, 0.15) is 6.54 Å². The Balaban J connectivity index is 1.74. The fourth-order valence-corrected chi connectivity index (χ4v) is 3.43. The van der Waals surface area contributed by atoms with Crippen molar-refractivity contribution in [2.24, 2.45) is 0 Å². The van der Waals surface area contributed by atoms with Gasteiger partial charge in [-0.1, -0.05) is 36.4 Å². The smallest absolute Gasteiger partial charge is 0.166 e. The first-order valence-corrected chi connectivity index (χ1v) is 8.79. The van der Waals surface area contributed by atoms with Crippen molar-refractivity contribution < 1.29 is 14.7 Å². The summed E-state index contributed by atoms with van der Waals surface area (Å²) in [6, 6.07) is 14.5. The maximum absolute atomic E-state index is 10.5. The van der Waals surface area contributed by atoms with Crippen LogP contribution in [0.15, 0.2) is 61.2 Å². The highest BCUT2D eigenvalue weighted by atomic mass is 16.5. The Bertz CT molecular complexity index is 765. The Morgan fingerprint density at radius 2 is 2.04 bits per heavy atom. The summed E-state index contributed by atoms with van der Waals surface area (Å²) < 4.78 is 5.33. The minimum absolute atomic E-state index is 0.264. The van der Waals surface area contributed by atoms with E-state index in [2.05, 4.69) is 49.1 Å². The van der Waals surface area contributed by atoms with Crippen molar-refractivity contribution in [3.63, 3.8) is 0 Å². The quantitative estimate of drug-likeness (QED) is 0.795. The van der Waals surface area contributed by atoms with E-state index in [4.69, 9.17) is 4.74 Å². The van der Waals surface area contributed by atoms with Crippen LogP contribution in [-0.4, -0.2) is 25.3 Å². The number of phenolic OH excluding ortho intramolecular Hbond substituents is 1. The Kier molecular flexibility index (Phi) is 5.56. The fourth-order valence-electron chi connectivity index (χ4n) is 3.43. The molecule has 1 atom stereocenters. The molecule has 0 bridgehead atoms. The van der Waals surface area contributed by atoms with E-state index < -0.39 is 0 Å². The number of allylic oxidation sites excluding steroid dienone is 1. The van der Waals surface area contributed by atoms with Crippen LogP contribution in [-0.2, 0) is 13.0 Å². The van der Waals surface area contributed by atoms with Gasteiger partial charge in [-0.15, -0.1) is 6.58 Å². The first-order valence-electron chi connectivity index (χ1n) is 8.79. The zero-order valence-electron chi connectivity index (χ0n) is 14.8. The van der Waals surface area contributed by atoms with Gasteiger partial charge in [0.2, 0.25) is 0 Å². The maximum Gasteiger partial charge on any atom is 0.166 e. The number of quaternary nitrogens is 1. The van der Waals surface area contributed by atoms with E-state index in [9.17, 15) is 5.11 Å². The van der Waals surface area contributed by atoms with Gasteiger partial charge in [-0.3, -0.25) is 0 Å². The van der Waals surface area contributed by atoms with Crippen LogP contribution in [0.1, 0.15) is 23.1 Å². The molecular weight excluding hydrogens is 310 g/mol. The molecule has 0 saturated heterocycles. The zero-order valence-corrected chi connectivity index (χ0v) is 14.8. The molecule has 0 amide bonds. The molecule has 2 aromatic carbocycles. The number of aromatic hydroxyl groups is 1. The number of ether oxygens (including phenoxy) is 1. The van der Waals surface area contributed by atoms with E-state index in [0.29, 0.717) is 5.75 Å². The van der Waals surface area contributed by atoms with Crippen molar-refractivity contribution in [1.29, 1.82) is 0 Å². The number of methoxy groups -OCH3 is 1. The average molecular weight is 336 g/mol. The second kappa shape index (κ2) is 8.04. The van der Waals surface area contributed by atoms with Crippen molar-refractivity contribution in [1.82, 2.24) is 0 Å². The molecule has 2 N–H and O–H groups in total. The molecule has 3 nitrogen and oxygen atoms in total. The molecule has 2 aromatic rings. The second-order valence-corrected chi connectivity index (χ2v) is 6.52. The number of rotatable bonds is 6. The third-order valence-electron chi connectivity index (χ3n) is 4.78. The Labute approximate surface area is 149 Å². The van der Waals surface area contributed by atoms with Gasteiger partial charge < -0.3 is 14.7 Å². The molecule has 130 valence electrons. The maximum atomic E-state index is 10.5.